The van der Waals surface area contributed by atoms with Crippen LogP contribution in [-0.4, -0.2) is 46.0 Å². The van der Waals surface area contributed by atoms with E-state index in [2.05, 4.69) is 31.2 Å². The Hall–Kier alpha value is -4.55. The molecule has 0 saturated heterocycles. The third kappa shape index (κ3) is 3.46. The summed E-state index contributed by atoms with van der Waals surface area (Å²) in [6, 6.07) is 9.71. The molecule has 2 heterocycles. The zero-order chi connectivity index (χ0) is 21.3. The number of nitro groups is 1. The van der Waals surface area contributed by atoms with E-state index in [1.54, 1.807) is 13.0 Å². The molecule has 150 valence electrons. The number of anilines is 1. The van der Waals surface area contributed by atoms with E-state index in [-0.39, 0.29) is 17.1 Å². The molecule has 0 fully saturated rings. The summed E-state index contributed by atoms with van der Waals surface area (Å²) in [5.41, 5.74) is 0.833. The number of carbonyl (C=O) groups excluding carboxylic acids is 1. The van der Waals surface area contributed by atoms with Crippen LogP contribution < -0.4 is 5.32 Å². The van der Waals surface area contributed by atoms with E-state index in [1.165, 1.54) is 52.1 Å². The van der Waals surface area contributed by atoms with Gasteiger partial charge in [-0.05, 0) is 41.6 Å². The van der Waals surface area contributed by atoms with Crippen LogP contribution >= 0.6 is 0 Å². The van der Waals surface area contributed by atoms with Crippen molar-refractivity contribution in [2.24, 2.45) is 0 Å². The first-order chi connectivity index (χ1) is 14.4. The van der Waals surface area contributed by atoms with Gasteiger partial charge >= 0.3 is 0 Å². The highest BCUT2D eigenvalue weighted by molar-refractivity contribution is 6.03. The predicted molar refractivity (Wildman–Crippen MR) is 99.8 cm³/mol. The maximum Gasteiger partial charge on any atom is 0.278 e. The van der Waals surface area contributed by atoms with Gasteiger partial charge in [0.15, 0.2) is 5.69 Å². The maximum absolute atomic E-state index is 14.2. The molecule has 0 saturated carbocycles. The topological polar surface area (TPSA) is 147 Å². The molecular formula is C17H12FN9O3. The van der Waals surface area contributed by atoms with E-state index in [4.69, 9.17) is 0 Å². The van der Waals surface area contributed by atoms with Gasteiger partial charge in [-0.3, -0.25) is 14.9 Å². The van der Waals surface area contributed by atoms with Crippen LogP contribution in [-0.2, 0) is 0 Å². The second-order valence-electron chi connectivity index (χ2n) is 6.08. The summed E-state index contributed by atoms with van der Waals surface area (Å²) < 4.78 is 16.8. The highest BCUT2D eigenvalue weighted by Gasteiger charge is 2.20. The molecule has 0 atom stereocenters. The number of amides is 1. The molecule has 0 bridgehead atoms. The molecule has 1 N–H and O–H groups in total. The van der Waals surface area contributed by atoms with Crippen molar-refractivity contribution in [3.63, 3.8) is 0 Å². The highest BCUT2D eigenvalue weighted by Crippen LogP contribution is 2.21. The van der Waals surface area contributed by atoms with Crippen LogP contribution in [0.3, 0.4) is 0 Å². The number of tetrazole rings is 1. The third-order valence-corrected chi connectivity index (χ3v) is 4.21. The number of hydrogen-bond donors (Lipinski definition) is 1. The summed E-state index contributed by atoms with van der Waals surface area (Å²) >= 11 is 0. The second-order valence-corrected chi connectivity index (χ2v) is 6.08. The molecule has 2 aromatic heterocycles. The first-order valence-electron chi connectivity index (χ1n) is 8.45. The van der Waals surface area contributed by atoms with E-state index in [0.717, 1.165) is 0 Å². The summed E-state index contributed by atoms with van der Waals surface area (Å²) in [4.78, 5) is 23.1. The average molecular weight is 409 g/mol. The van der Waals surface area contributed by atoms with Gasteiger partial charge in [0.1, 0.15) is 12.1 Å². The van der Waals surface area contributed by atoms with Crippen LogP contribution in [0.5, 0.6) is 0 Å². The monoisotopic (exact) mass is 409 g/mol. The lowest BCUT2D eigenvalue weighted by molar-refractivity contribution is -0.384. The number of aromatic nitrogens is 7. The fraction of sp³-hybridized carbons (Fsp3) is 0.0588. The van der Waals surface area contributed by atoms with Crippen LogP contribution in [0.15, 0.2) is 48.8 Å². The largest absolute Gasteiger partial charge is 0.318 e. The number of nitrogens with zero attached hydrogens (tertiary/aromatic N) is 8. The molecule has 4 aromatic rings. The Kier molecular flexibility index (Phi) is 4.67. The Labute approximate surface area is 167 Å². The highest BCUT2D eigenvalue weighted by atomic mass is 19.1. The van der Waals surface area contributed by atoms with Gasteiger partial charge in [-0.15, -0.1) is 10.2 Å². The zero-order valence-corrected chi connectivity index (χ0v) is 15.3. The van der Waals surface area contributed by atoms with Gasteiger partial charge in [-0.2, -0.15) is 0 Å². The molecule has 0 aliphatic heterocycles. The van der Waals surface area contributed by atoms with E-state index in [9.17, 15) is 19.3 Å². The number of benzene rings is 2. The Morgan fingerprint density at radius 2 is 2.00 bits per heavy atom. The van der Waals surface area contributed by atoms with Crippen molar-refractivity contribution in [1.82, 2.24) is 35.2 Å². The summed E-state index contributed by atoms with van der Waals surface area (Å²) in [5, 5.41) is 31.9. The fourth-order valence-electron chi connectivity index (χ4n) is 2.74. The lowest BCUT2D eigenvalue weighted by Gasteiger charge is -2.08. The quantitative estimate of drug-likeness (QED) is 0.388. The molecule has 0 radical (unpaired) electrons. The van der Waals surface area contributed by atoms with Crippen molar-refractivity contribution in [3.05, 3.63) is 76.1 Å². The normalized spacial score (nSPS) is 10.7. The van der Waals surface area contributed by atoms with Crippen molar-refractivity contribution in [2.45, 2.75) is 6.92 Å². The molecule has 12 nitrogen and oxygen atoms in total. The number of nitrogens with one attached hydrogen (secondary N) is 1. The predicted octanol–water partition coefficient (Wildman–Crippen LogP) is 1.85. The third-order valence-electron chi connectivity index (χ3n) is 4.21. The Balaban J connectivity index is 1.62. The molecular weight excluding hydrogens is 397 g/mol. The van der Waals surface area contributed by atoms with Crippen LogP contribution in [0.2, 0.25) is 0 Å². The first kappa shape index (κ1) is 18.8. The number of hydrogen-bond acceptors (Lipinski definition) is 8. The lowest BCUT2D eigenvalue weighted by Crippen LogP contribution is -2.15. The molecule has 2 aromatic carbocycles. The van der Waals surface area contributed by atoms with Gasteiger partial charge in [0, 0.05) is 12.1 Å². The van der Waals surface area contributed by atoms with Crippen molar-refractivity contribution in [2.75, 3.05) is 5.32 Å². The fourth-order valence-corrected chi connectivity index (χ4v) is 2.74. The van der Waals surface area contributed by atoms with Crippen molar-refractivity contribution < 1.29 is 14.1 Å². The summed E-state index contributed by atoms with van der Waals surface area (Å²) in [7, 11) is 0. The SMILES string of the molecule is Cc1c(C(=O)Nc2cc(-n3cnnn3)ccc2F)nnn1-c1cccc([N+](=O)[O-])c1. The van der Waals surface area contributed by atoms with Gasteiger partial charge in [0.05, 0.1) is 27.7 Å². The minimum absolute atomic E-state index is 0.0614. The average Bonchev–Trinajstić information content (AvgIpc) is 3.40. The van der Waals surface area contributed by atoms with Crippen LogP contribution in [0.25, 0.3) is 11.4 Å². The van der Waals surface area contributed by atoms with Crippen molar-refractivity contribution in [3.8, 4) is 11.4 Å². The standard InChI is InChI=1S/C17H12FN9O3/c1-10-16(21-23-26(10)12-3-2-4-13(7-12)27(29)30)17(28)20-15-8-11(5-6-14(15)18)25-9-19-22-24-25/h2-9H,1H3,(H,20,28). The van der Waals surface area contributed by atoms with Gasteiger partial charge in [-0.25, -0.2) is 13.8 Å². The maximum atomic E-state index is 14.2. The van der Waals surface area contributed by atoms with Gasteiger partial charge < -0.3 is 5.32 Å². The number of nitro benzene ring substituents is 1. The molecule has 0 aliphatic rings. The Morgan fingerprint density at radius 1 is 1.17 bits per heavy atom. The summed E-state index contributed by atoms with van der Waals surface area (Å²) in [6.07, 6.45) is 1.33. The van der Waals surface area contributed by atoms with Crippen molar-refractivity contribution in [1.29, 1.82) is 0 Å². The Morgan fingerprint density at radius 3 is 2.73 bits per heavy atom. The van der Waals surface area contributed by atoms with Crippen molar-refractivity contribution >= 4 is 17.3 Å². The van der Waals surface area contributed by atoms with E-state index in [0.29, 0.717) is 17.1 Å². The molecule has 30 heavy (non-hydrogen) atoms. The van der Waals surface area contributed by atoms with Gasteiger partial charge in [0.25, 0.3) is 11.6 Å². The zero-order valence-electron chi connectivity index (χ0n) is 15.3. The number of non-ortho nitro benzene ring substituents is 1. The molecule has 13 heteroatoms. The van der Waals surface area contributed by atoms with Crippen LogP contribution in [0.1, 0.15) is 16.2 Å². The molecule has 0 spiro atoms. The number of carbonyl (C=O) groups is 1. The minimum Gasteiger partial charge on any atom is -0.318 e. The van der Waals surface area contributed by atoms with Gasteiger partial charge in [-0.1, -0.05) is 11.3 Å². The summed E-state index contributed by atoms with van der Waals surface area (Å²) in [5.74, 6) is -1.36. The van der Waals surface area contributed by atoms with Gasteiger partial charge in [0.2, 0.25) is 0 Å². The molecule has 0 aliphatic carbocycles. The molecule has 1 amide bonds. The first-order valence-corrected chi connectivity index (χ1v) is 8.45. The molecule has 0 unspecified atom stereocenters. The second kappa shape index (κ2) is 7.46. The summed E-state index contributed by atoms with van der Waals surface area (Å²) in [6.45, 7) is 1.57. The van der Waals surface area contributed by atoms with E-state index in [1.807, 2.05) is 0 Å². The van der Waals surface area contributed by atoms with E-state index >= 15 is 0 Å². The number of rotatable bonds is 5. The van der Waals surface area contributed by atoms with Crippen LogP contribution in [0, 0.1) is 22.9 Å². The lowest BCUT2D eigenvalue weighted by atomic mass is 10.2. The Bertz CT molecular complexity index is 1250. The van der Waals surface area contributed by atoms with E-state index < -0.39 is 16.6 Å². The molecule has 4 rings (SSSR count). The number of halogens is 1. The minimum atomic E-state index is -0.697. The smallest absolute Gasteiger partial charge is 0.278 e. The van der Waals surface area contributed by atoms with Crippen LogP contribution in [0.4, 0.5) is 15.8 Å².